The molecule has 11 heteroatoms. The van der Waals surface area contributed by atoms with E-state index in [-0.39, 0.29) is 18.7 Å². The molecule has 1 unspecified atom stereocenters. The Labute approximate surface area is 239 Å². The number of esters is 1. The lowest BCUT2D eigenvalue weighted by molar-refractivity contribution is -0.146. The van der Waals surface area contributed by atoms with E-state index in [1.165, 1.54) is 12.7 Å². The van der Waals surface area contributed by atoms with Gasteiger partial charge in [0.15, 0.2) is 11.5 Å². The van der Waals surface area contributed by atoms with Crippen LogP contribution in [-0.2, 0) is 16.1 Å². The van der Waals surface area contributed by atoms with Crippen LogP contribution in [0.25, 0.3) is 0 Å². The number of methoxy groups -OCH3 is 1. The minimum absolute atomic E-state index is 0.0777. The number of anilines is 1. The molecule has 0 amide bonds. The first kappa shape index (κ1) is 26.8. The summed E-state index contributed by atoms with van der Waals surface area (Å²) in [4.78, 5) is 17.9. The molecule has 0 saturated heterocycles. The smallest absolute Gasteiger partial charge is 0.338 e. The number of halogens is 3. The summed E-state index contributed by atoms with van der Waals surface area (Å²) in [5.74, 6) is 1.16. The van der Waals surface area contributed by atoms with E-state index in [1.54, 1.807) is 23.9 Å². The van der Waals surface area contributed by atoms with E-state index in [0.29, 0.717) is 43.2 Å². The van der Waals surface area contributed by atoms with Crippen LogP contribution in [0, 0.1) is 0 Å². The van der Waals surface area contributed by atoms with Crippen LogP contribution in [0.4, 0.5) is 5.95 Å². The Morgan fingerprint density at radius 2 is 1.97 bits per heavy atom. The fourth-order valence-electron chi connectivity index (χ4n) is 4.89. The van der Waals surface area contributed by atoms with Gasteiger partial charge in [-0.25, -0.2) is 9.48 Å². The Morgan fingerprint density at radius 1 is 1.18 bits per heavy atom. The van der Waals surface area contributed by atoms with Gasteiger partial charge in [-0.2, -0.15) is 10.1 Å². The first-order valence-electron chi connectivity index (χ1n) is 12.4. The number of nitrogens with zero attached hydrogens (tertiary/aromatic N) is 3. The molecule has 0 spiro atoms. The molecule has 1 N–H and O–H groups in total. The SMILES string of the molecule is COc1cc(C2C(C(=O)OC3CCCCC3)=C(C)Nc3ncnn32)cc(Br)c1OCc1ccc(Cl)cc1Cl. The molecule has 1 saturated carbocycles. The van der Waals surface area contributed by atoms with Crippen molar-refractivity contribution in [3.05, 3.63) is 73.6 Å². The van der Waals surface area contributed by atoms with E-state index in [1.807, 2.05) is 25.1 Å². The molecule has 2 heterocycles. The van der Waals surface area contributed by atoms with Crippen molar-refractivity contribution in [2.24, 2.45) is 0 Å². The van der Waals surface area contributed by atoms with Crippen molar-refractivity contribution in [1.29, 1.82) is 0 Å². The summed E-state index contributed by atoms with van der Waals surface area (Å²) < 4.78 is 20.1. The number of hydrogen-bond acceptors (Lipinski definition) is 7. The number of fused-ring (bicyclic) bond motifs is 1. The standard InChI is InChI=1S/C27H27BrCl2N4O4/c1-15-23(26(35)38-19-6-4-3-5-7-19)24(34-27(33-15)31-14-32-34)17-10-20(28)25(22(11-17)36-2)37-13-16-8-9-18(29)12-21(16)30/h8-12,14,19,24H,3-7,13H2,1-2H3,(H,31,32,33). The molecule has 1 fully saturated rings. The van der Waals surface area contributed by atoms with Gasteiger partial charge in [-0.3, -0.25) is 0 Å². The summed E-state index contributed by atoms with van der Waals surface area (Å²) in [5, 5.41) is 8.67. The predicted octanol–water partition coefficient (Wildman–Crippen LogP) is 7.10. The lowest BCUT2D eigenvalue weighted by Crippen LogP contribution is -2.32. The minimum atomic E-state index is -0.574. The molecular formula is C27H27BrCl2N4O4. The summed E-state index contributed by atoms with van der Waals surface area (Å²) in [5.41, 5.74) is 2.69. The van der Waals surface area contributed by atoms with Crippen LogP contribution in [0.5, 0.6) is 11.5 Å². The molecular weight excluding hydrogens is 595 g/mol. The number of benzene rings is 2. The van der Waals surface area contributed by atoms with Gasteiger partial charge in [0.2, 0.25) is 5.95 Å². The quantitative estimate of drug-likeness (QED) is 0.282. The molecule has 1 aliphatic heterocycles. The van der Waals surface area contributed by atoms with Gasteiger partial charge in [0, 0.05) is 21.3 Å². The average Bonchev–Trinajstić information content (AvgIpc) is 3.36. The van der Waals surface area contributed by atoms with Gasteiger partial charge >= 0.3 is 5.97 Å². The molecule has 1 aliphatic carbocycles. The second-order valence-electron chi connectivity index (χ2n) is 9.32. The minimum Gasteiger partial charge on any atom is -0.493 e. The number of carbonyl (C=O) groups excluding carboxylic acids is 1. The first-order chi connectivity index (χ1) is 18.4. The second-order valence-corrected chi connectivity index (χ2v) is 11.0. The summed E-state index contributed by atoms with van der Waals surface area (Å²) in [6, 6.07) is 8.41. The molecule has 1 aromatic heterocycles. The molecule has 0 bridgehead atoms. The van der Waals surface area contributed by atoms with Crippen molar-refractivity contribution in [3.8, 4) is 11.5 Å². The van der Waals surface area contributed by atoms with E-state index in [0.717, 1.165) is 36.8 Å². The van der Waals surface area contributed by atoms with Crippen molar-refractivity contribution in [3.63, 3.8) is 0 Å². The Kier molecular flexibility index (Phi) is 8.16. The van der Waals surface area contributed by atoms with E-state index < -0.39 is 6.04 Å². The van der Waals surface area contributed by atoms with Gasteiger partial charge in [0.25, 0.3) is 0 Å². The van der Waals surface area contributed by atoms with Gasteiger partial charge in [-0.15, -0.1) is 0 Å². The van der Waals surface area contributed by atoms with E-state index in [2.05, 4.69) is 31.3 Å². The van der Waals surface area contributed by atoms with Gasteiger partial charge in [-0.05, 0) is 78.4 Å². The highest BCUT2D eigenvalue weighted by atomic mass is 79.9. The third kappa shape index (κ3) is 5.51. The highest BCUT2D eigenvalue weighted by Gasteiger charge is 2.36. The largest absolute Gasteiger partial charge is 0.493 e. The third-order valence-electron chi connectivity index (χ3n) is 6.79. The molecule has 3 aromatic rings. The molecule has 200 valence electrons. The maximum absolute atomic E-state index is 13.5. The summed E-state index contributed by atoms with van der Waals surface area (Å²) >= 11 is 16.0. The topological polar surface area (TPSA) is 87.5 Å². The van der Waals surface area contributed by atoms with Gasteiger partial charge in [0.1, 0.15) is 25.1 Å². The van der Waals surface area contributed by atoms with Crippen LogP contribution in [-0.4, -0.2) is 33.9 Å². The number of ether oxygens (including phenoxy) is 3. The molecule has 2 aliphatic rings. The Bertz CT molecular complexity index is 1390. The molecule has 5 rings (SSSR count). The van der Waals surface area contributed by atoms with Gasteiger partial charge < -0.3 is 19.5 Å². The normalized spacial score (nSPS) is 17.6. The van der Waals surface area contributed by atoms with Crippen molar-refractivity contribution < 1.29 is 19.0 Å². The number of hydrogen-bond donors (Lipinski definition) is 1. The maximum Gasteiger partial charge on any atom is 0.338 e. The predicted molar refractivity (Wildman–Crippen MR) is 149 cm³/mol. The Balaban J connectivity index is 1.48. The van der Waals surface area contributed by atoms with E-state index in [4.69, 9.17) is 37.4 Å². The second kappa shape index (κ2) is 11.6. The zero-order valence-corrected chi connectivity index (χ0v) is 24.1. The lowest BCUT2D eigenvalue weighted by Gasteiger charge is -2.30. The van der Waals surface area contributed by atoms with Crippen LogP contribution < -0.4 is 14.8 Å². The van der Waals surface area contributed by atoms with Gasteiger partial charge in [-0.1, -0.05) is 35.7 Å². The Morgan fingerprint density at radius 3 is 2.71 bits per heavy atom. The van der Waals surface area contributed by atoms with Crippen LogP contribution in [0.1, 0.15) is 56.2 Å². The number of allylic oxidation sites excluding steroid dienone is 1. The number of nitrogens with one attached hydrogen (secondary N) is 1. The summed E-state index contributed by atoms with van der Waals surface area (Å²) in [7, 11) is 1.57. The molecule has 38 heavy (non-hydrogen) atoms. The summed E-state index contributed by atoms with van der Waals surface area (Å²) in [6.07, 6.45) is 6.45. The Hall–Kier alpha value is -2.75. The van der Waals surface area contributed by atoms with Crippen molar-refractivity contribution in [2.45, 2.75) is 57.8 Å². The first-order valence-corrected chi connectivity index (χ1v) is 13.9. The number of rotatable bonds is 7. The zero-order valence-electron chi connectivity index (χ0n) is 21.0. The lowest BCUT2D eigenvalue weighted by atomic mass is 9.94. The van der Waals surface area contributed by atoms with E-state index in [9.17, 15) is 4.79 Å². The fourth-order valence-corrected chi connectivity index (χ4v) is 5.92. The maximum atomic E-state index is 13.5. The van der Waals surface area contributed by atoms with Crippen LogP contribution in [0.2, 0.25) is 10.0 Å². The van der Waals surface area contributed by atoms with Gasteiger partial charge in [0.05, 0.1) is 17.2 Å². The molecule has 0 radical (unpaired) electrons. The van der Waals surface area contributed by atoms with Crippen LogP contribution in [0.15, 0.2) is 52.4 Å². The van der Waals surface area contributed by atoms with Crippen LogP contribution >= 0.6 is 39.1 Å². The average molecular weight is 622 g/mol. The monoisotopic (exact) mass is 620 g/mol. The molecule has 1 atom stereocenters. The highest BCUT2D eigenvalue weighted by Crippen LogP contribution is 2.43. The number of aromatic nitrogens is 3. The third-order valence-corrected chi connectivity index (χ3v) is 7.97. The van der Waals surface area contributed by atoms with Crippen molar-refractivity contribution in [1.82, 2.24) is 14.8 Å². The molecule has 8 nitrogen and oxygen atoms in total. The fraction of sp³-hybridized carbons (Fsp3) is 0.370. The van der Waals surface area contributed by atoms with Crippen molar-refractivity contribution >= 4 is 51.0 Å². The summed E-state index contributed by atoms with van der Waals surface area (Å²) in [6.45, 7) is 2.06. The molecule has 2 aromatic carbocycles. The number of carbonyl (C=O) groups is 1. The van der Waals surface area contributed by atoms with E-state index >= 15 is 0 Å². The van der Waals surface area contributed by atoms with Crippen molar-refractivity contribution in [2.75, 3.05) is 12.4 Å². The zero-order chi connectivity index (χ0) is 26.8. The van der Waals surface area contributed by atoms with Crippen LogP contribution in [0.3, 0.4) is 0 Å². The highest BCUT2D eigenvalue weighted by molar-refractivity contribution is 9.10.